The van der Waals surface area contributed by atoms with E-state index in [1.165, 1.54) is 5.57 Å². The summed E-state index contributed by atoms with van der Waals surface area (Å²) in [5.41, 5.74) is 8.30. The number of nitrogens with one attached hydrogen (secondary N) is 2. The number of aliphatic hydroxyl groups excluding tert-OH is 1. The van der Waals surface area contributed by atoms with Gasteiger partial charge < -0.3 is 20.4 Å². The third kappa shape index (κ3) is 2.56. The third-order valence-corrected chi connectivity index (χ3v) is 9.57. The number of ether oxygens (including phenoxy) is 1. The minimum Gasteiger partial charge on any atom is -0.423 e. The average molecular weight is 420 g/mol. The van der Waals surface area contributed by atoms with Crippen molar-refractivity contribution < 1.29 is 19.8 Å². The summed E-state index contributed by atoms with van der Waals surface area (Å²) in [6.07, 6.45) is 6.85. The first-order valence-corrected chi connectivity index (χ1v) is 11.6. The van der Waals surface area contributed by atoms with Crippen molar-refractivity contribution in [1.82, 2.24) is 5.43 Å². The van der Waals surface area contributed by atoms with Crippen molar-refractivity contribution in [2.45, 2.75) is 81.8 Å². The molecule has 1 aliphatic heterocycles. The lowest BCUT2D eigenvalue weighted by Gasteiger charge is -2.66. The molecule has 10 atom stereocenters. The summed E-state index contributed by atoms with van der Waals surface area (Å²) in [6, 6.07) is 0. The Kier molecular flexibility index (Phi) is 4.77. The Morgan fingerprint density at radius 2 is 2.10 bits per heavy atom. The zero-order valence-electron chi connectivity index (χ0n) is 18.4. The highest BCUT2D eigenvalue weighted by Gasteiger charge is 2.71. The van der Waals surface area contributed by atoms with Crippen LogP contribution in [-0.4, -0.2) is 40.9 Å². The summed E-state index contributed by atoms with van der Waals surface area (Å²) < 4.78 is 6.17. The van der Waals surface area contributed by atoms with E-state index in [-0.39, 0.29) is 16.9 Å². The van der Waals surface area contributed by atoms with Crippen LogP contribution in [0.1, 0.15) is 58.8 Å². The number of nitrogens with two attached hydrogens (primary N) is 2. The topological polar surface area (TPSA) is 129 Å². The van der Waals surface area contributed by atoms with Crippen LogP contribution in [0.2, 0.25) is 0 Å². The molecule has 0 amide bonds. The van der Waals surface area contributed by atoms with Crippen LogP contribution in [0.4, 0.5) is 0 Å². The molecule has 3 saturated carbocycles. The van der Waals surface area contributed by atoms with Crippen LogP contribution in [-0.2, 0) is 9.53 Å². The van der Waals surface area contributed by atoms with E-state index in [9.17, 15) is 9.90 Å². The number of aliphatic hydroxyl groups is 1. The molecule has 4 fully saturated rings. The summed E-state index contributed by atoms with van der Waals surface area (Å²) in [5.74, 6) is 14.5. The van der Waals surface area contributed by atoms with E-state index in [1.54, 1.807) is 0 Å². The molecule has 5 rings (SSSR count). The van der Waals surface area contributed by atoms with Crippen LogP contribution in [0.3, 0.4) is 0 Å². The molecule has 8 heteroatoms. The molecule has 8 nitrogen and oxygen atoms in total. The van der Waals surface area contributed by atoms with Gasteiger partial charge in [0.25, 0.3) is 0 Å². The Hall–Kier alpha value is -0.870. The van der Waals surface area contributed by atoms with Crippen LogP contribution in [0.5, 0.6) is 0 Å². The van der Waals surface area contributed by atoms with E-state index < -0.39 is 11.9 Å². The number of carbonyl (C=O) groups is 1. The molecule has 0 aromatic carbocycles. The second-order valence-electron chi connectivity index (χ2n) is 10.8. The molecule has 0 spiro atoms. The standard InChI is InChI=1S/C22H37N5O3/c1-12-8-14-9-15(28)4-6-21(14,26-27(3)24)16-5-7-22(25-23)17(19(12)16)10-13-11-18(29)30-20(13,22)2/h9,12-13,16-19,25,27,29H,4-8,10-11,23-24H2,1-3H3. The molecular formula is C22H37N5O3. The van der Waals surface area contributed by atoms with Gasteiger partial charge >= 0.3 is 0 Å². The van der Waals surface area contributed by atoms with Crippen LogP contribution < -0.4 is 22.2 Å². The molecule has 0 aromatic heterocycles. The molecule has 4 aliphatic carbocycles. The lowest BCUT2D eigenvalue weighted by atomic mass is 9.48. The van der Waals surface area contributed by atoms with Gasteiger partial charge in [-0.2, -0.15) is 5.84 Å². The number of rotatable bonds is 3. The Morgan fingerprint density at radius 3 is 2.80 bits per heavy atom. The van der Waals surface area contributed by atoms with E-state index >= 15 is 0 Å². The molecule has 7 N–H and O–H groups in total. The Morgan fingerprint density at radius 1 is 1.33 bits per heavy atom. The van der Waals surface area contributed by atoms with Gasteiger partial charge in [-0.1, -0.05) is 24.5 Å². The number of hydrogen-bond donors (Lipinski definition) is 5. The van der Waals surface area contributed by atoms with Crippen molar-refractivity contribution in [3.05, 3.63) is 17.1 Å². The predicted molar refractivity (Wildman–Crippen MR) is 111 cm³/mol. The Labute approximate surface area is 178 Å². The lowest BCUT2D eigenvalue weighted by Crippen LogP contribution is -3.12. The second kappa shape index (κ2) is 6.81. The maximum absolute atomic E-state index is 12.3. The minimum atomic E-state index is -0.706. The highest BCUT2D eigenvalue weighted by molar-refractivity contribution is 5.92. The number of hydrazine groups is 1. The molecule has 1 saturated heterocycles. The number of quaternary nitrogens is 1. The van der Waals surface area contributed by atoms with Gasteiger partial charge in [0.1, 0.15) is 0 Å². The molecule has 0 radical (unpaired) electrons. The minimum absolute atomic E-state index is 0.218. The Balaban J connectivity index is 1.58. The van der Waals surface area contributed by atoms with Crippen LogP contribution >= 0.6 is 0 Å². The van der Waals surface area contributed by atoms with Gasteiger partial charge in [-0.15, -0.1) is 0 Å². The summed E-state index contributed by atoms with van der Waals surface area (Å²) in [4.78, 5) is 12.3. The van der Waals surface area contributed by atoms with Crippen LogP contribution in [0, 0.1) is 29.6 Å². The monoisotopic (exact) mass is 419 g/mol. The number of nitrogens with zero attached hydrogens (tertiary/aromatic N) is 1. The van der Waals surface area contributed by atoms with Crippen molar-refractivity contribution in [2.75, 3.05) is 7.05 Å². The fourth-order valence-corrected chi connectivity index (χ4v) is 8.54. The fourth-order valence-electron chi connectivity index (χ4n) is 8.54. The van der Waals surface area contributed by atoms with E-state index in [0.29, 0.717) is 47.5 Å². The van der Waals surface area contributed by atoms with Gasteiger partial charge in [0.2, 0.25) is 0 Å². The van der Waals surface area contributed by atoms with Gasteiger partial charge in [0.05, 0.1) is 18.2 Å². The molecule has 0 bridgehead atoms. The number of hydrogen-bond acceptors (Lipinski definition) is 6. The molecule has 10 unspecified atom stereocenters. The van der Waals surface area contributed by atoms with Crippen molar-refractivity contribution in [3.8, 4) is 0 Å². The highest BCUT2D eigenvalue weighted by Crippen LogP contribution is 2.67. The lowest BCUT2D eigenvalue weighted by molar-refractivity contribution is -0.858. The fraction of sp³-hybridized carbons (Fsp3) is 0.864. The van der Waals surface area contributed by atoms with Crippen molar-refractivity contribution in [3.63, 3.8) is 0 Å². The zero-order valence-corrected chi connectivity index (χ0v) is 18.4. The normalized spacial score (nSPS) is 53.4. The van der Waals surface area contributed by atoms with Crippen molar-refractivity contribution in [1.29, 1.82) is 0 Å². The first kappa shape index (κ1) is 21.0. The molecule has 5 aliphatic rings. The predicted octanol–water partition coefficient (Wildman–Crippen LogP) is 0.0932. The smallest absolute Gasteiger partial charge is 0.155 e. The first-order chi connectivity index (χ1) is 14.2. The van der Waals surface area contributed by atoms with E-state index in [0.717, 1.165) is 32.1 Å². The molecule has 1 heterocycles. The summed E-state index contributed by atoms with van der Waals surface area (Å²) in [6.45, 7) is 4.46. The number of ketones is 1. The second-order valence-corrected chi connectivity index (χ2v) is 10.8. The summed E-state index contributed by atoms with van der Waals surface area (Å²) >= 11 is 0. The third-order valence-electron chi connectivity index (χ3n) is 9.57. The maximum Gasteiger partial charge on any atom is 0.155 e. The Bertz CT molecular complexity index is 774. The van der Waals surface area contributed by atoms with Crippen molar-refractivity contribution in [2.24, 2.45) is 41.3 Å². The van der Waals surface area contributed by atoms with Gasteiger partial charge in [-0.25, -0.2) is 0 Å². The van der Waals surface area contributed by atoms with Crippen LogP contribution in [0.15, 0.2) is 11.6 Å². The SMILES string of the molecule is CC1CC2=CC(=O)CCC2([N-][NH+](C)N)C2CCC3(NN)C(CC4CC(O)OC43C)C12. The summed E-state index contributed by atoms with van der Waals surface area (Å²) in [7, 11) is 1.86. The van der Waals surface area contributed by atoms with Gasteiger partial charge in [-0.05, 0) is 68.3 Å². The molecule has 30 heavy (non-hydrogen) atoms. The maximum atomic E-state index is 12.3. The average Bonchev–Trinajstić information content (AvgIpc) is 3.09. The highest BCUT2D eigenvalue weighted by atomic mass is 16.6. The summed E-state index contributed by atoms with van der Waals surface area (Å²) in [5, 5.41) is 10.8. The van der Waals surface area contributed by atoms with Crippen LogP contribution in [0.25, 0.3) is 5.43 Å². The molecular weight excluding hydrogens is 382 g/mol. The van der Waals surface area contributed by atoms with E-state index in [2.05, 4.69) is 19.3 Å². The van der Waals surface area contributed by atoms with Gasteiger partial charge in [0.15, 0.2) is 12.1 Å². The van der Waals surface area contributed by atoms with Crippen molar-refractivity contribution >= 4 is 5.78 Å². The zero-order chi connectivity index (χ0) is 21.5. The quantitative estimate of drug-likeness (QED) is 0.326. The van der Waals surface area contributed by atoms with E-state index in [4.69, 9.17) is 21.8 Å². The number of carbonyl (C=O) groups excluding carboxylic acids is 1. The largest absolute Gasteiger partial charge is 0.423 e. The van der Waals surface area contributed by atoms with Gasteiger partial charge in [-0.3, -0.25) is 16.1 Å². The number of fused-ring (bicyclic) bond motifs is 7. The van der Waals surface area contributed by atoms with Gasteiger partial charge in [0, 0.05) is 12.8 Å². The van der Waals surface area contributed by atoms with E-state index in [1.807, 2.05) is 13.1 Å². The molecule has 168 valence electrons. The first-order valence-electron chi connectivity index (χ1n) is 11.6. The molecule has 0 aromatic rings.